The lowest BCUT2D eigenvalue weighted by atomic mass is 10.1. The second-order valence-corrected chi connectivity index (χ2v) is 8.33. The summed E-state index contributed by atoms with van der Waals surface area (Å²) in [5, 5.41) is 11.1. The zero-order valence-electron chi connectivity index (χ0n) is 18.1. The van der Waals surface area contributed by atoms with Gasteiger partial charge in [-0.3, -0.25) is 9.69 Å². The van der Waals surface area contributed by atoms with Crippen LogP contribution in [0.4, 0.5) is 5.69 Å². The minimum atomic E-state index is -0.577. The predicted octanol–water partition coefficient (Wildman–Crippen LogP) is 3.16. The smallest absolute Gasteiger partial charge is 0.187 e. The molecule has 1 atom stereocenters. The molecule has 0 saturated carbocycles. The van der Waals surface area contributed by atoms with E-state index in [1.807, 2.05) is 43.3 Å². The van der Waals surface area contributed by atoms with Crippen LogP contribution >= 0.6 is 11.6 Å². The van der Waals surface area contributed by atoms with Gasteiger partial charge in [0.1, 0.15) is 18.5 Å². The van der Waals surface area contributed by atoms with E-state index >= 15 is 0 Å². The molecule has 0 aromatic heterocycles. The second kappa shape index (κ2) is 11.2. The molecule has 1 aliphatic heterocycles. The first-order chi connectivity index (χ1) is 14.9. The molecule has 0 amide bonds. The number of carbonyl (C=O) groups is 1. The molecule has 0 bridgehead atoms. The van der Waals surface area contributed by atoms with Crippen molar-refractivity contribution < 1.29 is 14.6 Å². The number of benzene rings is 2. The van der Waals surface area contributed by atoms with Crippen molar-refractivity contribution in [3.05, 3.63) is 71.4 Å². The number of ketones is 1. The number of β-amino-alcohol motifs (C(OH)–C–C–N with tert-alkyl or cyclic N) is 1. The van der Waals surface area contributed by atoms with Crippen molar-refractivity contribution in [3.63, 3.8) is 0 Å². The molecule has 2 aromatic carbocycles. The maximum Gasteiger partial charge on any atom is 0.187 e. The molecule has 1 unspecified atom stereocenters. The van der Waals surface area contributed by atoms with Crippen LogP contribution in [0.15, 0.2) is 60.8 Å². The van der Waals surface area contributed by atoms with Crippen molar-refractivity contribution in [2.75, 3.05) is 58.3 Å². The Kier molecular flexibility index (Phi) is 8.35. The SMILES string of the molecule is CN(C)C=CC(=O)c1ccc(OCC(O)CN2CCN(c3ccc(Cl)cc3)CC2)cc1. The van der Waals surface area contributed by atoms with Gasteiger partial charge >= 0.3 is 0 Å². The molecule has 0 aliphatic carbocycles. The highest BCUT2D eigenvalue weighted by Gasteiger charge is 2.19. The van der Waals surface area contributed by atoms with Crippen LogP contribution < -0.4 is 9.64 Å². The summed E-state index contributed by atoms with van der Waals surface area (Å²) < 4.78 is 5.71. The summed E-state index contributed by atoms with van der Waals surface area (Å²) >= 11 is 5.96. The van der Waals surface area contributed by atoms with Gasteiger partial charge in [-0.25, -0.2) is 0 Å². The first-order valence-electron chi connectivity index (χ1n) is 10.4. The Bertz CT molecular complexity index is 861. The monoisotopic (exact) mass is 443 g/mol. The lowest BCUT2D eigenvalue weighted by Gasteiger charge is -2.36. The molecule has 1 N–H and O–H groups in total. The third kappa shape index (κ3) is 7.28. The fourth-order valence-electron chi connectivity index (χ4n) is 3.41. The highest BCUT2D eigenvalue weighted by molar-refractivity contribution is 6.30. The van der Waals surface area contributed by atoms with Gasteiger partial charge in [0, 0.05) is 75.4 Å². The van der Waals surface area contributed by atoms with Gasteiger partial charge < -0.3 is 19.6 Å². The molecule has 7 heteroatoms. The van der Waals surface area contributed by atoms with Gasteiger partial charge in [-0.1, -0.05) is 11.6 Å². The van der Waals surface area contributed by atoms with Crippen molar-refractivity contribution in [1.29, 1.82) is 0 Å². The summed E-state index contributed by atoms with van der Waals surface area (Å²) in [5.41, 5.74) is 1.77. The number of hydrogen-bond donors (Lipinski definition) is 1. The van der Waals surface area contributed by atoms with Gasteiger partial charge in [0.25, 0.3) is 0 Å². The molecule has 6 nitrogen and oxygen atoms in total. The Hall–Kier alpha value is -2.54. The molecular formula is C24H30ClN3O3. The fraction of sp³-hybridized carbons (Fsp3) is 0.375. The minimum Gasteiger partial charge on any atom is -0.491 e. The van der Waals surface area contributed by atoms with Crippen molar-refractivity contribution in [2.24, 2.45) is 0 Å². The zero-order valence-corrected chi connectivity index (χ0v) is 18.8. The molecule has 3 rings (SSSR count). The maximum atomic E-state index is 12.1. The van der Waals surface area contributed by atoms with E-state index in [-0.39, 0.29) is 12.4 Å². The van der Waals surface area contributed by atoms with E-state index in [2.05, 4.69) is 9.80 Å². The number of allylic oxidation sites excluding steroid dienone is 1. The number of carbonyl (C=O) groups excluding carboxylic acids is 1. The molecule has 2 aromatic rings. The van der Waals surface area contributed by atoms with E-state index in [4.69, 9.17) is 16.3 Å². The molecule has 0 radical (unpaired) electrons. The maximum absolute atomic E-state index is 12.1. The third-order valence-corrected chi connectivity index (χ3v) is 5.39. The van der Waals surface area contributed by atoms with Crippen LogP contribution in [0, 0.1) is 0 Å². The molecule has 1 heterocycles. The number of anilines is 1. The van der Waals surface area contributed by atoms with Gasteiger partial charge in [0.05, 0.1) is 0 Å². The van der Waals surface area contributed by atoms with Gasteiger partial charge in [0.15, 0.2) is 5.78 Å². The van der Waals surface area contributed by atoms with E-state index in [9.17, 15) is 9.90 Å². The quantitative estimate of drug-likeness (QED) is 0.474. The number of halogens is 1. The Morgan fingerprint density at radius 3 is 2.35 bits per heavy atom. The normalized spacial score (nSPS) is 15.8. The Labute approximate surface area is 189 Å². The topological polar surface area (TPSA) is 56.3 Å². The van der Waals surface area contributed by atoms with Gasteiger partial charge in [-0.2, -0.15) is 0 Å². The number of hydrogen-bond acceptors (Lipinski definition) is 6. The number of aliphatic hydroxyl groups excluding tert-OH is 1. The first-order valence-corrected chi connectivity index (χ1v) is 10.8. The third-order valence-electron chi connectivity index (χ3n) is 5.14. The summed E-state index contributed by atoms with van der Waals surface area (Å²) in [5.74, 6) is 0.581. The van der Waals surface area contributed by atoms with Crippen LogP contribution in [0.1, 0.15) is 10.4 Å². The summed E-state index contributed by atoms with van der Waals surface area (Å²) in [6, 6.07) is 14.9. The largest absolute Gasteiger partial charge is 0.491 e. The van der Waals surface area contributed by atoms with Crippen LogP contribution in [0.2, 0.25) is 5.02 Å². The summed E-state index contributed by atoms with van der Waals surface area (Å²) in [6.07, 6.45) is 2.68. The van der Waals surface area contributed by atoms with E-state index in [1.165, 1.54) is 11.8 Å². The summed E-state index contributed by atoms with van der Waals surface area (Å²) in [7, 11) is 3.73. The summed E-state index contributed by atoms with van der Waals surface area (Å²) in [6.45, 7) is 4.37. The predicted molar refractivity (Wildman–Crippen MR) is 125 cm³/mol. The van der Waals surface area contributed by atoms with Crippen LogP contribution in [0.3, 0.4) is 0 Å². The number of rotatable bonds is 9. The van der Waals surface area contributed by atoms with Crippen LogP contribution in [-0.4, -0.2) is 80.2 Å². The molecule has 1 fully saturated rings. The molecule has 166 valence electrons. The van der Waals surface area contributed by atoms with Crippen molar-refractivity contribution in [1.82, 2.24) is 9.80 Å². The Balaban J connectivity index is 1.40. The highest BCUT2D eigenvalue weighted by atomic mass is 35.5. The van der Waals surface area contributed by atoms with E-state index in [1.54, 1.807) is 30.5 Å². The lowest BCUT2D eigenvalue weighted by Crippen LogP contribution is -2.49. The van der Waals surface area contributed by atoms with E-state index < -0.39 is 6.10 Å². The van der Waals surface area contributed by atoms with Crippen LogP contribution in [0.5, 0.6) is 5.75 Å². The number of nitrogens with zero attached hydrogens (tertiary/aromatic N) is 3. The van der Waals surface area contributed by atoms with Gasteiger partial charge in [-0.15, -0.1) is 0 Å². The lowest BCUT2D eigenvalue weighted by molar-refractivity contribution is 0.0663. The van der Waals surface area contributed by atoms with Crippen molar-refractivity contribution in [2.45, 2.75) is 6.10 Å². The van der Waals surface area contributed by atoms with E-state index in [0.29, 0.717) is 17.9 Å². The second-order valence-electron chi connectivity index (χ2n) is 7.90. The van der Waals surface area contributed by atoms with Gasteiger partial charge in [0.2, 0.25) is 0 Å². The zero-order chi connectivity index (χ0) is 22.2. The standard InChI is InChI=1S/C24H30ClN3O3/c1-26(2)12-11-24(30)19-3-9-23(10-4-19)31-18-22(29)17-27-13-15-28(16-14-27)21-7-5-20(25)6-8-21/h3-12,22,29H,13-18H2,1-2H3. The average Bonchev–Trinajstić information content (AvgIpc) is 2.77. The van der Waals surface area contributed by atoms with Gasteiger partial charge in [-0.05, 0) is 48.5 Å². The average molecular weight is 444 g/mol. The number of piperazine rings is 1. The summed E-state index contributed by atoms with van der Waals surface area (Å²) in [4.78, 5) is 18.5. The minimum absolute atomic E-state index is 0.0574. The fourth-order valence-corrected chi connectivity index (χ4v) is 3.54. The van der Waals surface area contributed by atoms with Crippen LogP contribution in [0.25, 0.3) is 0 Å². The number of ether oxygens (including phenoxy) is 1. The first kappa shape index (κ1) is 23.1. The number of aliphatic hydroxyl groups is 1. The molecular weight excluding hydrogens is 414 g/mol. The molecule has 31 heavy (non-hydrogen) atoms. The molecule has 0 spiro atoms. The molecule has 1 saturated heterocycles. The highest BCUT2D eigenvalue weighted by Crippen LogP contribution is 2.19. The van der Waals surface area contributed by atoms with Crippen molar-refractivity contribution >= 4 is 23.1 Å². The van der Waals surface area contributed by atoms with E-state index in [0.717, 1.165) is 31.2 Å². The van der Waals surface area contributed by atoms with Crippen molar-refractivity contribution in [3.8, 4) is 5.75 Å². The van der Waals surface area contributed by atoms with Crippen LogP contribution in [-0.2, 0) is 0 Å². The molecule has 1 aliphatic rings. The Morgan fingerprint density at radius 2 is 1.74 bits per heavy atom. The Morgan fingerprint density at radius 1 is 1.10 bits per heavy atom.